The van der Waals surface area contributed by atoms with Gasteiger partial charge >= 0.3 is 0 Å². The van der Waals surface area contributed by atoms with Crippen molar-refractivity contribution in [3.8, 4) is 0 Å². The van der Waals surface area contributed by atoms with E-state index in [1.165, 1.54) is 6.42 Å². The van der Waals surface area contributed by atoms with Crippen LogP contribution in [0.2, 0.25) is 0 Å². The van der Waals surface area contributed by atoms with E-state index in [4.69, 9.17) is 0 Å². The van der Waals surface area contributed by atoms with Crippen molar-refractivity contribution >= 4 is 11.8 Å². The van der Waals surface area contributed by atoms with E-state index < -0.39 is 0 Å². The van der Waals surface area contributed by atoms with E-state index in [-0.39, 0.29) is 17.9 Å². The lowest BCUT2D eigenvalue weighted by atomic mass is 10.0. The molecule has 0 spiro atoms. The molecular weight excluding hydrogens is 276 g/mol. The molecule has 0 fully saturated rings. The van der Waals surface area contributed by atoms with Crippen LogP contribution in [0.15, 0.2) is 30.3 Å². The minimum atomic E-state index is -0.140. The summed E-state index contributed by atoms with van der Waals surface area (Å²) in [6.45, 7) is 6.80. The minimum Gasteiger partial charge on any atom is -0.354 e. The number of benzene rings is 1. The van der Waals surface area contributed by atoms with Crippen LogP contribution in [0, 0.1) is 5.92 Å². The molecule has 1 rings (SSSR count). The molecule has 4 heteroatoms. The number of amides is 2. The molecule has 0 aliphatic heterocycles. The Morgan fingerprint density at radius 1 is 1.05 bits per heavy atom. The molecule has 0 aliphatic carbocycles. The second-order valence-corrected chi connectivity index (χ2v) is 6.17. The standard InChI is InChI=1S/C18H28N2O2/c1-14(2)8-7-9-15(3)20-17(21)12-13-19-18(22)16-10-5-4-6-11-16/h4-6,10-11,14-15H,7-9,12-13H2,1-3H3,(H,19,22)(H,20,21)/t15-/m0/s1. The van der Waals surface area contributed by atoms with Crippen LogP contribution in [0.25, 0.3) is 0 Å². The summed E-state index contributed by atoms with van der Waals surface area (Å²) in [4.78, 5) is 23.6. The molecule has 1 aromatic rings. The summed E-state index contributed by atoms with van der Waals surface area (Å²) in [6, 6.07) is 9.21. The Labute approximate surface area is 133 Å². The molecule has 1 aromatic carbocycles. The van der Waals surface area contributed by atoms with Gasteiger partial charge in [-0.05, 0) is 31.4 Å². The average molecular weight is 304 g/mol. The quantitative estimate of drug-likeness (QED) is 0.736. The fourth-order valence-corrected chi connectivity index (χ4v) is 2.23. The van der Waals surface area contributed by atoms with Gasteiger partial charge in [0.15, 0.2) is 0 Å². The van der Waals surface area contributed by atoms with Gasteiger partial charge in [0.2, 0.25) is 5.91 Å². The number of carbonyl (C=O) groups is 2. The van der Waals surface area contributed by atoms with Crippen molar-refractivity contribution < 1.29 is 9.59 Å². The molecule has 2 N–H and O–H groups in total. The first-order valence-corrected chi connectivity index (χ1v) is 8.11. The third kappa shape index (κ3) is 7.81. The van der Waals surface area contributed by atoms with Gasteiger partial charge in [0, 0.05) is 24.6 Å². The van der Waals surface area contributed by atoms with E-state index in [1.54, 1.807) is 12.1 Å². The molecule has 0 saturated carbocycles. The van der Waals surface area contributed by atoms with Gasteiger partial charge in [-0.1, -0.05) is 44.9 Å². The van der Waals surface area contributed by atoms with E-state index in [9.17, 15) is 9.59 Å². The zero-order valence-electron chi connectivity index (χ0n) is 13.9. The summed E-state index contributed by atoms with van der Waals surface area (Å²) < 4.78 is 0. The molecule has 122 valence electrons. The Morgan fingerprint density at radius 2 is 1.73 bits per heavy atom. The van der Waals surface area contributed by atoms with Crippen LogP contribution in [0.1, 0.15) is 56.8 Å². The molecule has 0 unspecified atom stereocenters. The molecule has 0 heterocycles. The van der Waals surface area contributed by atoms with Crippen LogP contribution in [0.4, 0.5) is 0 Å². The maximum Gasteiger partial charge on any atom is 0.251 e. The third-order valence-electron chi connectivity index (χ3n) is 3.50. The Bertz CT molecular complexity index is 457. The van der Waals surface area contributed by atoms with Crippen LogP contribution >= 0.6 is 0 Å². The predicted molar refractivity (Wildman–Crippen MR) is 89.7 cm³/mol. The summed E-state index contributed by atoms with van der Waals surface area (Å²) >= 11 is 0. The zero-order chi connectivity index (χ0) is 16.4. The maximum atomic E-state index is 11.8. The van der Waals surface area contributed by atoms with Gasteiger partial charge in [0.25, 0.3) is 5.91 Å². The summed E-state index contributed by atoms with van der Waals surface area (Å²) in [5.41, 5.74) is 0.616. The molecule has 4 nitrogen and oxygen atoms in total. The smallest absolute Gasteiger partial charge is 0.251 e. The van der Waals surface area contributed by atoms with Crippen molar-refractivity contribution in [2.75, 3.05) is 6.54 Å². The highest BCUT2D eigenvalue weighted by molar-refractivity contribution is 5.94. The largest absolute Gasteiger partial charge is 0.354 e. The fourth-order valence-electron chi connectivity index (χ4n) is 2.23. The number of hydrogen-bond donors (Lipinski definition) is 2. The van der Waals surface area contributed by atoms with Gasteiger partial charge in [0.1, 0.15) is 0 Å². The van der Waals surface area contributed by atoms with Crippen LogP contribution in [-0.4, -0.2) is 24.4 Å². The summed E-state index contributed by atoms with van der Waals surface area (Å²) in [7, 11) is 0. The molecular formula is C18H28N2O2. The second kappa shape index (κ2) is 9.98. The molecule has 0 aliphatic rings. The molecule has 0 aromatic heterocycles. The number of rotatable bonds is 9. The highest BCUT2D eigenvalue weighted by Crippen LogP contribution is 2.08. The van der Waals surface area contributed by atoms with Crippen molar-refractivity contribution in [1.29, 1.82) is 0 Å². The Kier molecular flexibility index (Phi) is 8.26. The first kappa shape index (κ1) is 18.2. The maximum absolute atomic E-state index is 11.8. The normalized spacial score (nSPS) is 12.0. The lowest BCUT2D eigenvalue weighted by Gasteiger charge is -2.14. The number of hydrogen-bond acceptors (Lipinski definition) is 2. The SMILES string of the molecule is CC(C)CCC[C@H](C)NC(=O)CCNC(=O)c1ccccc1. The fraction of sp³-hybridized carbons (Fsp3) is 0.556. The molecule has 0 saturated heterocycles. The van der Waals surface area contributed by atoms with E-state index in [0.717, 1.165) is 12.8 Å². The van der Waals surface area contributed by atoms with Crippen molar-refractivity contribution in [3.05, 3.63) is 35.9 Å². The van der Waals surface area contributed by atoms with Crippen molar-refractivity contribution in [3.63, 3.8) is 0 Å². The zero-order valence-corrected chi connectivity index (χ0v) is 13.9. The van der Waals surface area contributed by atoms with Crippen molar-refractivity contribution in [2.24, 2.45) is 5.92 Å². The van der Waals surface area contributed by atoms with Gasteiger partial charge in [-0.3, -0.25) is 9.59 Å². The first-order chi connectivity index (χ1) is 10.5. The monoisotopic (exact) mass is 304 g/mol. The molecule has 0 bridgehead atoms. The highest BCUT2D eigenvalue weighted by atomic mass is 16.2. The summed E-state index contributed by atoms with van der Waals surface area (Å²) in [5.74, 6) is 0.555. The molecule has 22 heavy (non-hydrogen) atoms. The summed E-state index contributed by atoms with van der Waals surface area (Å²) in [6.07, 6.45) is 3.63. The van der Waals surface area contributed by atoms with Crippen LogP contribution in [-0.2, 0) is 4.79 Å². The van der Waals surface area contributed by atoms with Crippen LogP contribution in [0.5, 0.6) is 0 Å². The Balaban J connectivity index is 2.16. The van der Waals surface area contributed by atoms with Crippen LogP contribution < -0.4 is 10.6 Å². The highest BCUT2D eigenvalue weighted by Gasteiger charge is 2.09. The molecule has 0 radical (unpaired) electrons. The van der Waals surface area contributed by atoms with Gasteiger partial charge in [-0.2, -0.15) is 0 Å². The average Bonchev–Trinajstić information content (AvgIpc) is 2.47. The topological polar surface area (TPSA) is 58.2 Å². The Morgan fingerprint density at radius 3 is 2.36 bits per heavy atom. The van der Waals surface area contributed by atoms with E-state index in [0.29, 0.717) is 24.4 Å². The van der Waals surface area contributed by atoms with E-state index in [2.05, 4.69) is 24.5 Å². The predicted octanol–water partition coefficient (Wildman–Crippen LogP) is 3.14. The van der Waals surface area contributed by atoms with Gasteiger partial charge in [-0.25, -0.2) is 0 Å². The lowest BCUT2D eigenvalue weighted by molar-refractivity contribution is -0.121. The van der Waals surface area contributed by atoms with Gasteiger partial charge in [-0.15, -0.1) is 0 Å². The first-order valence-electron chi connectivity index (χ1n) is 8.11. The number of carbonyl (C=O) groups excluding carboxylic acids is 2. The summed E-state index contributed by atoms with van der Waals surface area (Å²) in [5, 5.41) is 5.74. The second-order valence-electron chi connectivity index (χ2n) is 6.17. The Hall–Kier alpha value is -1.84. The van der Waals surface area contributed by atoms with E-state index >= 15 is 0 Å². The van der Waals surface area contributed by atoms with Gasteiger partial charge in [0.05, 0.1) is 0 Å². The van der Waals surface area contributed by atoms with Gasteiger partial charge < -0.3 is 10.6 Å². The van der Waals surface area contributed by atoms with Crippen molar-refractivity contribution in [1.82, 2.24) is 10.6 Å². The number of nitrogens with one attached hydrogen (secondary N) is 2. The minimum absolute atomic E-state index is 0.00888. The third-order valence-corrected chi connectivity index (χ3v) is 3.50. The van der Waals surface area contributed by atoms with Crippen LogP contribution in [0.3, 0.4) is 0 Å². The molecule has 2 amide bonds. The van der Waals surface area contributed by atoms with Crippen molar-refractivity contribution in [2.45, 2.75) is 52.5 Å². The lowest BCUT2D eigenvalue weighted by Crippen LogP contribution is -2.35. The molecule has 1 atom stereocenters. The van der Waals surface area contributed by atoms with E-state index in [1.807, 2.05) is 25.1 Å².